The Morgan fingerprint density at radius 2 is 1.94 bits per heavy atom. The molecule has 1 aromatic carbocycles. The Kier molecular flexibility index (Phi) is 6.22. The number of carboxylic acids is 1. The molecule has 1 aromatic rings. The number of aliphatic hydroxyl groups is 1. The summed E-state index contributed by atoms with van der Waals surface area (Å²) < 4.78 is 0. The van der Waals surface area contributed by atoms with E-state index in [9.17, 15) is 4.79 Å². The van der Waals surface area contributed by atoms with Crippen molar-refractivity contribution in [2.45, 2.75) is 26.2 Å². The molecule has 0 aliphatic rings. The topological polar surface area (TPSA) is 69.6 Å². The number of aliphatic hydroxyl groups excluding tert-OH is 1. The van der Waals surface area contributed by atoms with Crippen LogP contribution in [0.5, 0.6) is 0 Å². The molecule has 0 aliphatic carbocycles. The van der Waals surface area contributed by atoms with Gasteiger partial charge in [-0.15, -0.1) is 0 Å². The molecule has 1 atom stereocenters. The van der Waals surface area contributed by atoms with Gasteiger partial charge in [0.25, 0.3) is 0 Å². The first-order valence-electron chi connectivity index (χ1n) is 6.35. The zero-order valence-electron chi connectivity index (χ0n) is 10.7. The number of hydrogen-bond donors (Lipinski definition) is 3. The lowest BCUT2D eigenvalue weighted by Crippen LogP contribution is -2.15. The lowest BCUT2D eigenvalue weighted by Gasteiger charge is -2.16. The van der Waals surface area contributed by atoms with Gasteiger partial charge in [-0.2, -0.15) is 0 Å². The van der Waals surface area contributed by atoms with Crippen molar-refractivity contribution in [3.8, 4) is 0 Å². The van der Waals surface area contributed by atoms with Crippen molar-refractivity contribution in [3.05, 3.63) is 29.8 Å². The molecule has 0 fully saturated rings. The number of benzene rings is 1. The number of aromatic carboxylic acids is 1. The molecule has 3 N–H and O–H groups in total. The van der Waals surface area contributed by atoms with E-state index in [1.54, 1.807) is 24.3 Å². The maximum absolute atomic E-state index is 10.7. The summed E-state index contributed by atoms with van der Waals surface area (Å²) in [4.78, 5) is 10.7. The molecule has 4 heteroatoms. The van der Waals surface area contributed by atoms with Crippen LogP contribution in [0.4, 0.5) is 5.69 Å². The summed E-state index contributed by atoms with van der Waals surface area (Å²) in [6.07, 6.45) is 2.99. The van der Waals surface area contributed by atoms with Crippen LogP contribution in [-0.2, 0) is 0 Å². The van der Waals surface area contributed by atoms with E-state index in [2.05, 4.69) is 12.2 Å². The Balaban J connectivity index is 2.48. The highest BCUT2D eigenvalue weighted by atomic mass is 16.4. The molecule has 1 rings (SSSR count). The van der Waals surface area contributed by atoms with Crippen LogP contribution in [0.15, 0.2) is 24.3 Å². The second-order valence-electron chi connectivity index (χ2n) is 4.43. The molecule has 4 nitrogen and oxygen atoms in total. The van der Waals surface area contributed by atoms with E-state index >= 15 is 0 Å². The highest BCUT2D eigenvalue weighted by Gasteiger charge is 2.07. The van der Waals surface area contributed by atoms with Crippen molar-refractivity contribution in [2.24, 2.45) is 5.92 Å². The first-order valence-corrected chi connectivity index (χ1v) is 6.35. The standard InChI is InChI=1S/C14H21NO3/c1-2-3-11(8-9-16)10-15-13-6-4-12(5-7-13)14(17)18/h4-7,11,15-16H,2-3,8-10H2,1H3,(H,17,18). The molecule has 0 saturated heterocycles. The van der Waals surface area contributed by atoms with E-state index in [1.807, 2.05) is 0 Å². The van der Waals surface area contributed by atoms with Crippen molar-refractivity contribution in [3.63, 3.8) is 0 Å². The summed E-state index contributed by atoms with van der Waals surface area (Å²) >= 11 is 0. The van der Waals surface area contributed by atoms with Gasteiger partial charge in [0.05, 0.1) is 5.56 Å². The summed E-state index contributed by atoms with van der Waals surface area (Å²) in [6.45, 7) is 3.15. The van der Waals surface area contributed by atoms with Gasteiger partial charge in [0, 0.05) is 18.8 Å². The second kappa shape index (κ2) is 7.71. The fourth-order valence-corrected chi connectivity index (χ4v) is 1.93. The van der Waals surface area contributed by atoms with Crippen LogP contribution in [0.3, 0.4) is 0 Å². The van der Waals surface area contributed by atoms with Gasteiger partial charge in [-0.25, -0.2) is 4.79 Å². The van der Waals surface area contributed by atoms with Crippen LogP contribution < -0.4 is 5.32 Å². The van der Waals surface area contributed by atoms with Crippen molar-refractivity contribution < 1.29 is 15.0 Å². The van der Waals surface area contributed by atoms with Crippen LogP contribution in [-0.4, -0.2) is 29.3 Å². The number of nitrogens with one attached hydrogen (secondary N) is 1. The minimum Gasteiger partial charge on any atom is -0.478 e. The van der Waals surface area contributed by atoms with Gasteiger partial charge < -0.3 is 15.5 Å². The van der Waals surface area contributed by atoms with Crippen LogP contribution in [0, 0.1) is 5.92 Å². The Morgan fingerprint density at radius 3 is 2.44 bits per heavy atom. The molecule has 1 unspecified atom stereocenters. The maximum atomic E-state index is 10.7. The molecular formula is C14H21NO3. The molecule has 0 radical (unpaired) electrons. The van der Waals surface area contributed by atoms with Crippen LogP contribution in [0.25, 0.3) is 0 Å². The van der Waals surface area contributed by atoms with E-state index < -0.39 is 5.97 Å². The minimum absolute atomic E-state index is 0.213. The van der Waals surface area contributed by atoms with Crippen molar-refractivity contribution in [2.75, 3.05) is 18.5 Å². The highest BCUT2D eigenvalue weighted by molar-refractivity contribution is 5.87. The molecule has 18 heavy (non-hydrogen) atoms. The van der Waals surface area contributed by atoms with Gasteiger partial charge in [-0.1, -0.05) is 13.3 Å². The first kappa shape index (κ1) is 14.5. The number of hydrogen-bond acceptors (Lipinski definition) is 3. The van der Waals surface area contributed by atoms with Gasteiger partial charge in [0.1, 0.15) is 0 Å². The summed E-state index contributed by atoms with van der Waals surface area (Å²) in [5.41, 5.74) is 1.21. The van der Waals surface area contributed by atoms with Gasteiger partial charge in [0.2, 0.25) is 0 Å². The smallest absolute Gasteiger partial charge is 0.335 e. The van der Waals surface area contributed by atoms with E-state index in [0.29, 0.717) is 11.5 Å². The molecule has 0 amide bonds. The van der Waals surface area contributed by atoms with Crippen molar-refractivity contribution in [1.82, 2.24) is 0 Å². The third-order valence-corrected chi connectivity index (χ3v) is 2.96. The largest absolute Gasteiger partial charge is 0.478 e. The number of rotatable bonds is 8. The average molecular weight is 251 g/mol. The minimum atomic E-state index is -0.911. The van der Waals surface area contributed by atoms with Crippen molar-refractivity contribution >= 4 is 11.7 Å². The third-order valence-electron chi connectivity index (χ3n) is 2.96. The van der Waals surface area contributed by atoms with Gasteiger partial charge in [-0.3, -0.25) is 0 Å². The van der Waals surface area contributed by atoms with Crippen LogP contribution in [0.1, 0.15) is 36.5 Å². The fraction of sp³-hybridized carbons (Fsp3) is 0.500. The summed E-state index contributed by atoms with van der Waals surface area (Å²) in [5, 5.41) is 21.0. The quantitative estimate of drug-likeness (QED) is 0.664. The number of carboxylic acid groups (broad SMARTS) is 1. The SMILES string of the molecule is CCCC(CCO)CNc1ccc(C(=O)O)cc1. The fourth-order valence-electron chi connectivity index (χ4n) is 1.93. The Morgan fingerprint density at radius 1 is 1.28 bits per heavy atom. The molecular weight excluding hydrogens is 230 g/mol. The predicted octanol–water partition coefficient (Wildman–Crippen LogP) is 2.60. The average Bonchev–Trinajstić information content (AvgIpc) is 2.37. The van der Waals surface area contributed by atoms with E-state index in [0.717, 1.165) is 31.5 Å². The zero-order chi connectivity index (χ0) is 13.4. The first-order chi connectivity index (χ1) is 8.67. The highest BCUT2D eigenvalue weighted by Crippen LogP contribution is 2.14. The Bertz CT molecular complexity index is 356. The third kappa shape index (κ3) is 4.75. The summed E-state index contributed by atoms with van der Waals surface area (Å²) in [5.74, 6) is -0.454. The number of carbonyl (C=O) groups is 1. The van der Waals surface area contributed by atoms with Crippen LogP contribution >= 0.6 is 0 Å². The number of anilines is 1. The summed E-state index contributed by atoms with van der Waals surface area (Å²) in [7, 11) is 0. The molecule has 0 aliphatic heterocycles. The monoisotopic (exact) mass is 251 g/mol. The van der Waals surface area contributed by atoms with Crippen LogP contribution in [0.2, 0.25) is 0 Å². The lowest BCUT2D eigenvalue weighted by atomic mass is 10.00. The molecule has 0 saturated carbocycles. The zero-order valence-corrected chi connectivity index (χ0v) is 10.7. The molecule has 0 heterocycles. The maximum Gasteiger partial charge on any atom is 0.335 e. The van der Waals surface area contributed by atoms with Gasteiger partial charge in [0.15, 0.2) is 0 Å². The predicted molar refractivity (Wildman–Crippen MR) is 72.0 cm³/mol. The Hall–Kier alpha value is -1.55. The van der Waals surface area contributed by atoms with E-state index in [-0.39, 0.29) is 6.61 Å². The Labute approximate surface area is 108 Å². The molecule has 100 valence electrons. The lowest BCUT2D eigenvalue weighted by molar-refractivity contribution is 0.0697. The van der Waals surface area contributed by atoms with E-state index in [1.165, 1.54) is 0 Å². The second-order valence-corrected chi connectivity index (χ2v) is 4.43. The normalized spacial score (nSPS) is 12.1. The van der Waals surface area contributed by atoms with Gasteiger partial charge >= 0.3 is 5.97 Å². The molecule has 0 bridgehead atoms. The molecule has 0 aromatic heterocycles. The van der Waals surface area contributed by atoms with Gasteiger partial charge in [-0.05, 0) is 43.0 Å². The van der Waals surface area contributed by atoms with Crippen molar-refractivity contribution in [1.29, 1.82) is 0 Å². The van der Waals surface area contributed by atoms with E-state index in [4.69, 9.17) is 10.2 Å². The molecule has 0 spiro atoms. The summed E-state index contributed by atoms with van der Waals surface area (Å²) in [6, 6.07) is 6.72.